The van der Waals surface area contributed by atoms with Crippen LogP contribution in [0.5, 0.6) is 5.75 Å². The predicted molar refractivity (Wildman–Crippen MR) is 112 cm³/mol. The molecule has 0 heterocycles. The number of carboxylic acids is 1. The van der Waals surface area contributed by atoms with Gasteiger partial charge in [-0.15, -0.1) is 0 Å². The van der Waals surface area contributed by atoms with E-state index in [1.165, 1.54) is 0 Å². The maximum atomic E-state index is 12.2. The van der Waals surface area contributed by atoms with Crippen LogP contribution in [0.15, 0.2) is 54.6 Å². The van der Waals surface area contributed by atoms with Crippen LogP contribution in [-0.2, 0) is 4.79 Å². The molecule has 7 heteroatoms. The molecule has 0 bridgehead atoms. The molecule has 0 radical (unpaired) electrons. The fourth-order valence-electron chi connectivity index (χ4n) is 3.45. The van der Waals surface area contributed by atoms with E-state index in [0.29, 0.717) is 55.6 Å². The Morgan fingerprint density at radius 1 is 0.800 bits per heavy atom. The van der Waals surface area contributed by atoms with Gasteiger partial charge in [0.25, 0.3) is 11.8 Å². The smallest absolute Gasteiger partial charge is 0.306 e. The Balaban J connectivity index is 1.38. The molecule has 1 aliphatic carbocycles. The number of carbonyl (C=O) groups is 3. The highest BCUT2D eigenvalue weighted by Crippen LogP contribution is 2.27. The number of nitrogens with one attached hydrogen (secondary N) is 2. The van der Waals surface area contributed by atoms with Crippen LogP contribution >= 0.6 is 0 Å². The van der Waals surface area contributed by atoms with Crippen molar-refractivity contribution in [3.8, 4) is 5.75 Å². The summed E-state index contributed by atoms with van der Waals surface area (Å²) in [5, 5.41) is 14.6. The molecule has 3 N–H and O–H groups in total. The number of hydrogen-bond donors (Lipinski definition) is 3. The van der Waals surface area contributed by atoms with Crippen LogP contribution in [0, 0.1) is 5.92 Å². The lowest BCUT2D eigenvalue weighted by atomic mass is 9.87. The third-order valence-corrected chi connectivity index (χ3v) is 5.17. The average molecular weight is 410 g/mol. The van der Waals surface area contributed by atoms with Gasteiger partial charge in [-0.3, -0.25) is 14.4 Å². The van der Waals surface area contributed by atoms with Gasteiger partial charge in [-0.05, 0) is 62.1 Å². The van der Waals surface area contributed by atoms with E-state index in [1.54, 1.807) is 48.5 Å². The summed E-state index contributed by atoms with van der Waals surface area (Å²) in [6.07, 6.45) is 2.69. The SMILES string of the molecule is O=C(NCCNC(=O)c1ccc(OC2CCC(C(=O)O)CC2)cc1)c1ccccc1. The predicted octanol–water partition coefficient (Wildman–Crippen LogP) is 2.87. The Kier molecular flexibility index (Phi) is 7.43. The van der Waals surface area contributed by atoms with Gasteiger partial charge in [0, 0.05) is 24.2 Å². The van der Waals surface area contributed by atoms with Crippen molar-refractivity contribution in [1.29, 1.82) is 0 Å². The van der Waals surface area contributed by atoms with Crippen LogP contribution in [0.25, 0.3) is 0 Å². The van der Waals surface area contributed by atoms with E-state index in [2.05, 4.69) is 10.6 Å². The summed E-state index contributed by atoms with van der Waals surface area (Å²) in [5.41, 5.74) is 1.09. The number of carboxylic acid groups (broad SMARTS) is 1. The summed E-state index contributed by atoms with van der Waals surface area (Å²) in [6, 6.07) is 15.8. The first kappa shape index (κ1) is 21.4. The van der Waals surface area contributed by atoms with Crippen LogP contribution in [0.1, 0.15) is 46.4 Å². The van der Waals surface area contributed by atoms with Crippen LogP contribution in [0.3, 0.4) is 0 Å². The highest BCUT2D eigenvalue weighted by Gasteiger charge is 2.26. The zero-order valence-corrected chi connectivity index (χ0v) is 16.7. The first-order valence-corrected chi connectivity index (χ1v) is 10.1. The van der Waals surface area contributed by atoms with Gasteiger partial charge in [0.05, 0.1) is 12.0 Å². The van der Waals surface area contributed by atoms with Crippen LogP contribution in [-0.4, -0.2) is 42.1 Å². The van der Waals surface area contributed by atoms with Crippen molar-refractivity contribution in [3.05, 3.63) is 65.7 Å². The standard InChI is InChI=1S/C23H26N2O5/c26-21(16-4-2-1-3-5-16)24-14-15-25-22(27)17-6-10-19(11-7-17)30-20-12-8-18(9-13-20)23(28)29/h1-7,10-11,18,20H,8-9,12-15H2,(H,24,26)(H,25,27)(H,28,29). The van der Waals surface area contributed by atoms with E-state index < -0.39 is 5.97 Å². The van der Waals surface area contributed by atoms with E-state index in [-0.39, 0.29) is 23.8 Å². The van der Waals surface area contributed by atoms with E-state index in [0.717, 1.165) is 0 Å². The normalized spacial score (nSPS) is 18.3. The van der Waals surface area contributed by atoms with E-state index in [1.807, 2.05) is 6.07 Å². The van der Waals surface area contributed by atoms with Crippen molar-refractivity contribution in [2.75, 3.05) is 13.1 Å². The maximum absolute atomic E-state index is 12.2. The summed E-state index contributed by atoms with van der Waals surface area (Å²) in [4.78, 5) is 35.2. The molecule has 30 heavy (non-hydrogen) atoms. The summed E-state index contributed by atoms with van der Waals surface area (Å²) in [7, 11) is 0. The second-order valence-electron chi connectivity index (χ2n) is 7.33. The summed E-state index contributed by atoms with van der Waals surface area (Å²) < 4.78 is 5.91. The molecule has 2 aromatic carbocycles. The first-order chi connectivity index (χ1) is 14.5. The average Bonchev–Trinajstić information content (AvgIpc) is 2.78. The number of amides is 2. The third-order valence-electron chi connectivity index (χ3n) is 5.17. The molecule has 2 amide bonds. The molecular weight excluding hydrogens is 384 g/mol. The molecule has 1 saturated carbocycles. The van der Waals surface area contributed by atoms with Gasteiger partial charge in [0.1, 0.15) is 5.75 Å². The number of carbonyl (C=O) groups excluding carboxylic acids is 2. The highest BCUT2D eigenvalue weighted by atomic mass is 16.5. The van der Waals surface area contributed by atoms with E-state index in [4.69, 9.17) is 9.84 Å². The molecule has 1 aliphatic rings. The summed E-state index contributed by atoms with van der Waals surface area (Å²) >= 11 is 0. The topological polar surface area (TPSA) is 105 Å². The number of ether oxygens (including phenoxy) is 1. The first-order valence-electron chi connectivity index (χ1n) is 10.1. The van der Waals surface area contributed by atoms with Gasteiger partial charge in [0.15, 0.2) is 0 Å². The number of hydrogen-bond acceptors (Lipinski definition) is 4. The van der Waals surface area contributed by atoms with Gasteiger partial charge in [-0.25, -0.2) is 0 Å². The monoisotopic (exact) mass is 410 g/mol. The van der Waals surface area contributed by atoms with Crippen molar-refractivity contribution in [2.45, 2.75) is 31.8 Å². The lowest BCUT2D eigenvalue weighted by molar-refractivity contribution is -0.143. The molecule has 2 aromatic rings. The molecule has 1 fully saturated rings. The molecular formula is C23H26N2O5. The summed E-state index contributed by atoms with van der Waals surface area (Å²) in [5.74, 6) is -0.737. The second kappa shape index (κ2) is 10.4. The van der Waals surface area contributed by atoms with Crippen LogP contribution in [0.4, 0.5) is 0 Å². The van der Waals surface area contributed by atoms with Crippen molar-refractivity contribution in [1.82, 2.24) is 10.6 Å². The van der Waals surface area contributed by atoms with Gasteiger partial charge in [0.2, 0.25) is 0 Å². The fraction of sp³-hybridized carbons (Fsp3) is 0.348. The van der Waals surface area contributed by atoms with Crippen molar-refractivity contribution < 1.29 is 24.2 Å². The Hall–Kier alpha value is -3.35. The quantitative estimate of drug-likeness (QED) is 0.581. The number of rotatable bonds is 8. The largest absolute Gasteiger partial charge is 0.490 e. The number of aliphatic carboxylic acids is 1. The van der Waals surface area contributed by atoms with Gasteiger partial charge >= 0.3 is 5.97 Å². The molecule has 3 rings (SSSR count). The maximum Gasteiger partial charge on any atom is 0.306 e. The minimum atomic E-state index is -0.733. The minimum Gasteiger partial charge on any atom is -0.490 e. The fourth-order valence-corrected chi connectivity index (χ4v) is 3.45. The Labute approximate surface area is 175 Å². The Morgan fingerprint density at radius 3 is 1.87 bits per heavy atom. The van der Waals surface area contributed by atoms with Gasteiger partial charge < -0.3 is 20.5 Å². The summed E-state index contributed by atoms with van der Waals surface area (Å²) in [6.45, 7) is 0.655. The Morgan fingerprint density at radius 2 is 1.33 bits per heavy atom. The number of benzene rings is 2. The molecule has 0 saturated heterocycles. The second-order valence-corrected chi connectivity index (χ2v) is 7.33. The van der Waals surface area contributed by atoms with Crippen molar-refractivity contribution in [3.63, 3.8) is 0 Å². The molecule has 158 valence electrons. The van der Waals surface area contributed by atoms with E-state index in [9.17, 15) is 14.4 Å². The molecule has 0 unspecified atom stereocenters. The molecule has 0 spiro atoms. The van der Waals surface area contributed by atoms with Crippen LogP contribution in [0.2, 0.25) is 0 Å². The van der Waals surface area contributed by atoms with Gasteiger partial charge in [-0.2, -0.15) is 0 Å². The minimum absolute atomic E-state index is 0.00787. The van der Waals surface area contributed by atoms with E-state index >= 15 is 0 Å². The Bertz CT molecular complexity index is 859. The zero-order valence-electron chi connectivity index (χ0n) is 16.7. The molecule has 0 atom stereocenters. The zero-order chi connectivity index (χ0) is 21.3. The molecule has 0 aromatic heterocycles. The van der Waals surface area contributed by atoms with Gasteiger partial charge in [-0.1, -0.05) is 18.2 Å². The highest BCUT2D eigenvalue weighted by molar-refractivity contribution is 5.95. The van der Waals surface area contributed by atoms with Crippen LogP contribution < -0.4 is 15.4 Å². The lowest BCUT2D eigenvalue weighted by Crippen LogP contribution is -2.34. The van der Waals surface area contributed by atoms with Crippen molar-refractivity contribution in [2.24, 2.45) is 5.92 Å². The lowest BCUT2D eigenvalue weighted by Gasteiger charge is -2.26. The third kappa shape index (κ3) is 6.07. The molecule has 7 nitrogen and oxygen atoms in total. The van der Waals surface area contributed by atoms with Crippen molar-refractivity contribution >= 4 is 17.8 Å². The molecule has 0 aliphatic heterocycles.